The predicted octanol–water partition coefficient (Wildman–Crippen LogP) is 2.96. The van der Waals surface area contributed by atoms with E-state index in [2.05, 4.69) is 16.0 Å². The molecule has 31 heavy (non-hydrogen) atoms. The first-order valence-electron chi connectivity index (χ1n) is 9.94. The first-order valence-corrected chi connectivity index (χ1v) is 10.3. The van der Waals surface area contributed by atoms with Crippen LogP contribution >= 0.6 is 12.2 Å². The molecule has 0 aromatic heterocycles. The van der Waals surface area contributed by atoms with Crippen LogP contribution in [0.15, 0.2) is 54.6 Å². The summed E-state index contributed by atoms with van der Waals surface area (Å²) in [5.74, 6) is -0.0386. The Labute approximate surface area is 185 Å². The van der Waals surface area contributed by atoms with Crippen molar-refractivity contribution < 1.29 is 23.8 Å². The van der Waals surface area contributed by atoms with E-state index in [1.165, 1.54) is 6.92 Å². The molecular weight excluding hydrogens is 418 g/mol. The van der Waals surface area contributed by atoms with Crippen LogP contribution in [-0.4, -0.2) is 54.6 Å². The fourth-order valence-electron chi connectivity index (χ4n) is 3.62. The molecule has 1 amide bonds. The quantitative estimate of drug-likeness (QED) is 0.481. The van der Waals surface area contributed by atoms with Crippen molar-refractivity contribution in [2.75, 3.05) is 23.8 Å². The van der Waals surface area contributed by atoms with Gasteiger partial charge in [-0.15, -0.1) is 0 Å². The third-order valence-corrected chi connectivity index (χ3v) is 5.37. The molecule has 0 aliphatic carbocycles. The number of ether oxygens (including phenoxy) is 3. The van der Waals surface area contributed by atoms with E-state index in [4.69, 9.17) is 26.4 Å². The minimum Gasteiger partial charge on any atom is -0.441 e. The van der Waals surface area contributed by atoms with Crippen LogP contribution in [0.25, 0.3) is 0 Å². The van der Waals surface area contributed by atoms with Gasteiger partial charge < -0.3 is 24.8 Å². The fraction of sp³-hybridized carbons (Fsp3) is 0.318. The van der Waals surface area contributed by atoms with Crippen LogP contribution < -0.4 is 16.0 Å². The number of nitrogens with one attached hydrogen (secondary N) is 3. The molecule has 0 bridgehead atoms. The SMILES string of the molecule is CC(=O)c1ccc(NC(=O)O[C@H]2CO[C@@H]3[C@@H]2OC[C@@H]3NC(=S)Nc2ccccc2)cc1. The Morgan fingerprint density at radius 1 is 0.935 bits per heavy atom. The smallest absolute Gasteiger partial charge is 0.412 e. The zero-order valence-corrected chi connectivity index (χ0v) is 17.7. The van der Waals surface area contributed by atoms with E-state index in [-0.39, 0.29) is 30.6 Å². The molecule has 9 heteroatoms. The second-order valence-electron chi connectivity index (χ2n) is 7.37. The van der Waals surface area contributed by atoms with E-state index < -0.39 is 12.2 Å². The summed E-state index contributed by atoms with van der Waals surface area (Å²) in [7, 11) is 0. The number of amides is 1. The molecule has 0 spiro atoms. The average molecular weight is 442 g/mol. The zero-order valence-electron chi connectivity index (χ0n) is 16.9. The van der Waals surface area contributed by atoms with Gasteiger partial charge in [0.15, 0.2) is 17.0 Å². The van der Waals surface area contributed by atoms with Gasteiger partial charge in [-0.25, -0.2) is 4.79 Å². The van der Waals surface area contributed by atoms with Gasteiger partial charge in [-0.3, -0.25) is 10.1 Å². The van der Waals surface area contributed by atoms with Crippen LogP contribution in [0.2, 0.25) is 0 Å². The molecular formula is C22H23N3O5S. The number of anilines is 2. The number of thiocarbonyl (C=S) groups is 1. The minimum absolute atomic E-state index is 0.0386. The molecule has 2 aromatic carbocycles. The third kappa shape index (κ3) is 5.19. The van der Waals surface area contributed by atoms with Crippen molar-refractivity contribution in [3.05, 3.63) is 60.2 Å². The molecule has 4 atom stereocenters. The lowest BCUT2D eigenvalue weighted by atomic mass is 10.1. The van der Waals surface area contributed by atoms with Crippen molar-refractivity contribution in [1.29, 1.82) is 0 Å². The largest absolute Gasteiger partial charge is 0.441 e. The molecule has 0 unspecified atom stereocenters. The lowest BCUT2D eigenvalue weighted by Crippen LogP contribution is -2.46. The van der Waals surface area contributed by atoms with E-state index >= 15 is 0 Å². The first-order chi connectivity index (χ1) is 15.0. The van der Waals surface area contributed by atoms with Crippen LogP contribution in [0.1, 0.15) is 17.3 Å². The van der Waals surface area contributed by atoms with Gasteiger partial charge >= 0.3 is 6.09 Å². The summed E-state index contributed by atoms with van der Waals surface area (Å²) < 4.78 is 17.2. The highest BCUT2D eigenvalue weighted by molar-refractivity contribution is 7.80. The highest BCUT2D eigenvalue weighted by atomic mass is 32.1. The Balaban J connectivity index is 1.27. The number of hydrogen-bond donors (Lipinski definition) is 3. The lowest BCUT2D eigenvalue weighted by Gasteiger charge is -2.20. The molecule has 2 aliphatic heterocycles. The summed E-state index contributed by atoms with van der Waals surface area (Å²) in [5.41, 5.74) is 2.00. The lowest BCUT2D eigenvalue weighted by molar-refractivity contribution is 0.00880. The zero-order chi connectivity index (χ0) is 21.8. The van der Waals surface area contributed by atoms with Gasteiger partial charge in [-0.2, -0.15) is 0 Å². The highest BCUT2D eigenvalue weighted by Crippen LogP contribution is 2.29. The summed E-state index contributed by atoms with van der Waals surface area (Å²) in [6.45, 7) is 2.12. The van der Waals surface area contributed by atoms with Crippen molar-refractivity contribution >= 4 is 40.6 Å². The maximum Gasteiger partial charge on any atom is 0.412 e. The number of fused-ring (bicyclic) bond motifs is 1. The molecule has 8 nitrogen and oxygen atoms in total. The topological polar surface area (TPSA) is 97.9 Å². The Hall–Kier alpha value is -3.01. The highest BCUT2D eigenvalue weighted by Gasteiger charge is 2.49. The average Bonchev–Trinajstić information content (AvgIpc) is 3.32. The van der Waals surface area contributed by atoms with Crippen molar-refractivity contribution in [1.82, 2.24) is 5.32 Å². The number of Topliss-reactive ketones (excluding diaryl/α,β-unsaturated/α-hetero) is 1. The second-order valence-corrected chi connectivity index (χ2v) is 7.78. The number of carbonyl (C=O) groups excluding carboxylic acids is 2. The van der Waals surface area contributed by atoms with Gasteiger partial charge in [0.1, 0.15) is 12.2 Å². The Morgan fingerprint density at radius 2 is 1.61 bits per heavy atom. The van der Waals surface area contributed by atoms with Crippen LogP contribution in [-0.2, 0) is 14.2 Å². The number of carbonyl (C=O) groups is 2. The number of hydrogen-bond acceptors (Lipinski definition) is 6. The standard InChI is InChI=1S/C22H23N3O5S/c1-13(26)14-7-9-16(10-8-14)24-22(27)30-18-12-29-19-17(11-28-20(18)19)25-21(31)23-15-5-3-2-4-6-15/h2-10,17-20H,11-12H2,1H3,(H,24,27)(H2,23,25,31)/t17-,18-,19-,20+/m0/s1. The summed E-state index contributed by atoms with van der Waals surface area (Å²) in [6, 6.07) is 16.1. The Bertz CT molecular complexity index is 953. The van der Waals surface area contributed by atoms with Crippen molar-refractivity contribution in [2.24, 2.45) is 0 Å². The summed E-state index contributed by atoms with van der Waals surface area (Å²) in [6.07, 6.45) is -1.78. The van der Waals surface area contributed by atoms with E-state index in [1.807, 2.05) is 30.3 Å². The van der Waals surface area contributed by atoms with E-state index in [1.54, 1.807) is 24.3 Å². The van der Waals surface area contributed by atoms with E-state index in [0.29, 0.717) is 23.0 Å². The predicted molar refractivity (Wildman–Crippen MR) is 119 cm³/mol. The molecule has 2 saturated heterocycles. The molecule has 0 radical (unpaired) electrons. The Kier molecular flexibility index (Phi) is 6.45. The first kappa shape index (κ1) is 21.2. The number of benzene rings is 2. The van der Waals surface area contributed by atoms with Gasteiger partial charge in [0.05, 0.1) is 19.3 Å². The van der Waals surface area contributed by atoms with E-state index in [9.17, 15) is 9.59 Å². The molecule has 4 rings (SSSR count). The second kappa shape index (κ2) is 9.42. The molecule has 2 aliphatic rings. The minimum atomic E-state index is -0.605. The summed E-state index contributed by atoms with van der Waals surface area (Å²) in [4.78, 5) is 23.6. The van der Waals surface area contributed by atoms with Crippen molar-refractivity contribution in [2.45, 2.75) is 31.3 Å². The maximum absolute atomic E-state index is 12.3. The maximum atomic E-state index is 12.3. The van der Waals surface area contributed by atoms with Gasteiger partial charge in [-0.05, 0) is 55.5 Å². The van der Waals surface area contributed by atoms with Gasteiger partial charge in [0.25, 0.3) is 0 Å². The molecule has 2 aromatic rings. The monoisotopic (exact) mass is 441 g/mol. The molecule has 0 saturated carbocycles. The van der Waals surface area contributed by atoms with Crippen LogP contribution in [0.5, 0.6) is 0 Å². The van der Waals surface area contributed by atoms with E-state index in [0.717, 1.165) is 5.69 Å². The third-order valence-electron chi connectivity index (χ3n) is 5.15. The number of ketones is 1. The van der Waals surface area contributed by atoms with Crippen LogP contribution in [0.4, 0.5) is 16.2 Å². The molecule has 3 N–H and O–H groups in total. The molecule has 2 heterocycles. The fourth-order valence-corrected chi connectivity index (χ4v) is 3.89. The normalized spacial score (nSPS) is 24.2. The van der Waals surface area contributed by atoms with Crippen molar-refractivity contribution in [3.8, 4) is 0 Å². The summed E-state index contributed by atoms with van der Waals surface area (Å²) in [5, 5.41) is 9.46. The van der Waals surface area contributed by atoms with Gasteiger partial charge in [-0.1, -0.05) is 18.2 Å². The van der Waals surface area contributed by atoms with Crippen LogP contribution in [0.3, 0.4) is 0 Å². The molecule has 162 valence electrons. The number of para-hydroxylation sites is 1. The summed E-state index contributed by atoms with van der Waals surface area (Å²) >= 11 is 5.38. The van der Waals surface area contributed by atoms with Crippen molar-refractivity contribution in [3.63, 3.8) is 0 Å². The van der Waals surface area contributed by atoms with Gasteiger partial charge in [0.2, 0.25) is 0 Å². The molecule has 2 fully saturated rings. The van der Waals surface area contributed by atoms with Crippen LogP contribution in [0, 0.1) is 0 Å². The Morgan fingerprint density at radius 3 is 2.32 bits per heavy atom. The number of rotatable bonds is 5. The van der Waals surface area contributed by atoms with Gasteiger partial charge in [0, 0.05) is 16.9 Å².